The predicted molar refractivity (Wildman–Crippen MR) is 88.6 cm³/mol. The first-order chi connectivity index (χ1) is 11.6. The number of aromatic nitrogens is 2. The SMILES string of the molecule is N#Cc1ccc(Cl)c(C(=O)NC2CCCc3c2cnn3CCO)c1. The van der Waals surface area contributed by atoms with Gasteiger partial charge in [0.25, 0.3) is 5.91 Å². The zero-order valence-electron chi connectivity index (χ0n) is 13.0. The van der Waals surface area contributed by atoms with Crippen molar-refractivity contribution in [1.29, 1.82) is 5.26 Å². The predicted octanol–water partition coefficient (Wildman–Crippen LogP) is 2.21. The lowest BCUT2D eigenvalue weighted by atomic mass is 9.92. The fourth-order valence-electron chi connectivity index (χ4n) is 3.06. The third-order valence-electron chi connectivity index (χ3n) is 4.22. The highest BCUT2D eigenvalue weighted by molar-refractivity contribution is 6.33. The molecule has 24 heavy (non-hydrogen) atoms. The molecule has 1 atom stereocenters. The molecule has 1 aromatic heterocycles. The van der Waals surface area contributed by atoms with E-state index < -0.39 is 0 Å². The van der Waals surface area contributed by atoms with Crippen LogP contribution in [0.4, 0.5) is 0 Å². The number of carbonyl (C=O) groups is 1. The van der Waals surface area contributed by atoms with Gasteiger partial charge in [-0.1, -0.05) is 11.6 Å². The van der Waals surface area contributed by atoms with Crippen LogP contribution in [-0.4, -0.2) is 27.4 Å². The maximum Gasteiger partial charge on any atom is 0.253 e. The standard InChI is InChI=1S/C17H17ClN4O2/c18-14-5-4-11(9-19)8-12(14)17(24)21-15-2-1-3-16-13(15)10-20-22(16)6-7-23/h4-5,8,10,15,23H,1-3,6-7H2,(H,21,24). The Morgan fingerprint density at radius 2 is 2.38 bits per heavy atom. The molecule has 3 rings (SSSR count). The Morgan fingerprint density at radius 1 is 1.54 bits per heavy atom. The summed E-state index contributed by atoms with van der Waals surface area (Å²) in [6.07, 6.45) is 4.38. The van der Waals surface area contributed by atoms with Gasteiger partial charge in [-0.25, -0.2) is 0 Å². The van der Waals surface area contributed by atoms with Gasteiger partial charge in [-0.3, -0.25) is 9.48 Å². The maximum absolute atomic E-state index is 12.6. The molecule has 0 fully saturated rings. The molecular weight excluding hydrogens is 328 g/mol. The van der Waals surface area contributed by atoms with Gasteiger partial charge in [0.05, 0.1) is 47.6 Å². The molecule has 0 saturated carbocycles. The van der Waals surface area contributed by atoms with Gasteiger partial charge in [0, 0.05) is 11.3 Å². The quantitative estimate of drug-likeness (QED) is 0.889. The average Bonchev–Trinajstić information content (AvgIpc) is 3.00. The number of hydrogen-bond acceptors (Lipinski definition) is 4. The van der Waals surface area contributed by atoms with E-state index in [4.69, 9.17) is 22.0 Å². The molecule has 1 aliphatic rings. The Kier molecular flexibility index (Phi) is 4.84. The minimum absolute atomic E-state index is 0.0295. The molecule has 124 valence electrons. The highest BCUT2D eigenvalue weighted by Gasteiger charge is 2.26. The maximum atomic E-state index is 12.6. The Balaban J connectivity index is 1.83. The molecule has 1 amide bonds. The number of benzene rings is 1. The van der Waals surface area contributed by atoms with Gasteiger partial charge in [-0.2, -0.15) is 10.4 Å². The molecule has 1 heterocycles. The normalized spacial score (nSPS) is 16.3. The van der Waals surface area contributed by atoms with Gasteiger partial charge in [0.2, 0.25) is 0 Å². The van der Waals surface area contributed by atoms with Crippen molar-refractivity contribution >= 4 is 17.5 Å². The molecule has 7 heteroatoms. The number of nitrogens with zero attached hydrogens (tertiary/aromatic N) is 3. The van der Waals surface area contributed by atoms with E-state index in [9.17, 15) is 4.79 Å². The topological polar surface area (TPSA) is 90.9 Å². The first kappa shape index (κ1) is 16.5. The Labute approximate surface area is 144 Å². The number of rotatable bonds is 4. The lowest BCUT2D eigenvalue weighted by Crippen LogP contribution is -2.31. The number of nitrogens with one attached hydrogen (secondary N) is 1. The molecule has 0 bridgehead atoms. The Bertz CT molecular complexity index is 809. The molecule has 0 radical (unpaired) electrons. The van der Waals surface area contributed by atoms with E-state index in [0.717, 1.165) is 30.5 Å². The van der Waals surface area contributed by atoms with Crippen molar-refractivity contribution in [2.75, 3.05) is 6.61 Å². The van der Waals surface area contributed by atoms with Gasteiger partial charge >= 0.3 is 0 Å². The number of nitriles is 1. The van der Waals surface area contributed by atoms with E-state index in [2.05, 4.69) is 10.4 Å². The number of aliphatic hydroxyl groups is 1. The summed E-state index contributed by atoms with van der Waals surface area (Å²) in [6.45, 7) is 0.480. The fraction of sp³-hybridized carbons (Fsp3) is 0.353. The molecule has 2 aromatic rings. The van der Waals surface area contributed by atoms with E-state index in [1.165, 1.54) is 6.07 Å². The molecule has 0 spiro atoms. The number of amides is 1. The van der Waals surface area contributed by atoms with E-state index in [0.29, 0.717) is 22.7 Å². The molecule has 1 unspecified atom stereocenters. The highest BCUT2D eigenvalue weighted by atomic mass is 35.5. The first-order valence-electron chi connectivity index (χ1n) is 7.80. The molecular formula is C17H17ClN4O2. The van der Waals surface area contributed by atoms with Crippen LogP contribution < -0.4 is 5.32 Å². The van der Waals surface area contributed by atoms with E-state index >= 15 is 0 Å². The molecule has 1 aromatic carbocycles. The van der Waals surface area contributed by atoms with Crippen molar-refractivity contribution < 1.29 is 9.90 Å². The van der Waals surface area contributed by atoms with Crippen LogP contribution in [0, 0.1) is 11.3 Å². The minimum atomic E-state index is -0.301. The number of fused-ring (bicyclic) bond motifs is 1. The summed E-state index contributed by atoms with van der Waals surface area (Å²) in [7, 11) is 0. The van der Waals surface area contributed by atoms with Gasteiger partial charge in [0.1, 0.15) is 0 Å². The van der Waals surface area contributed by atoms with E-state index in [1.807, 2.05) is 6.07 Å². The summed E-state index contributed by atoms with van der Waals surface area (Å²) in [6, 6.07) is 6.50. The fourth-order valence-corrected chi connectivity index (χ4v) is 3.26. The van der Waals surface area contributed by atoms with Crippen LogP contribution in [0.5, 0.6) is 0 Å². The van der Waals surface area contributed by atoms with Crippen molar-refractivity contribution in [2.45, 2.75) is 31.8 Å². The smallest absolute Gasteiger partial charge is 0.253 e. The van der Waals surface area contributed by atoms with Crippen LogP contribution in [-0.2, 0) is 13.0 Å². The molecule has 0 aliphatic heterocycles. The van der Waals surface area contributed by atoms with Crippen molar-refractivity contribution in [2.24, 2.45) is 0 Å². The molecule has 2 N–H and O–H groups in total. The highest BCUT2D eigenvalue weighted by Crippen LogP contribution is 2.30. The minimum Gasteiger partial charge on any atom is -0.394 e. The first-order valence-corrected chi connectivity index (χ1v) is 8.17. The zero-order chi connectivity index (χ0) is 17.1. The lowest BCUT2D eigenvalue weighted by molar-refractivity contribution is 0.0932. The second kappa shape index (κ2) is 7.04. The summed E-state index contributed by atoms with van der Waals surface area (Å²) in [4.78, 5) is 12.6. The molecule has 6 nitrogen and oxygen atoms in total. The molecule has 0 saturated heterocycles. The summed E-state index contributed by atoms with van der Waals surface area (Å²) >= 11 is 6.10. The Hall–Kier alpha value is -2.36. The van der Waals surface area contributed by atoms with Crippen LogP contribution >= 0.6 is 11.6 Å². The average molecular weight is 345 g/mol. The number of hydrogen-bond donors (Lipinski definition) is 2. The summed E-state index contributed by atoms with van der Waals surface area (Å²) < 4.78 is 1.79. The van der Waals surface area contributed by atoms with Crippen LogP contribution in [0.2, 0.25) is 5.02 Å². The van der Waals surface area contributed by atoms with Crippen molar-refractivity contribution in [3.63, 3.8) is 0 Å². The monoisotopic (exact) mass is 344 g/mol. The summed E-state index contributed by atoms with van der Waals surface area (Å²) in [5, 5.41) is 25.7. The van der Waals surface area contributed by atoms with Crippen LogP contribution in [0.15, 0.2) is 24.4 Å². The summed E-state index contributed by atoms with van der Waals surface area (Å²) in [5.41, 5.74) is 2.73. The van der Waals surface area contributed by atoms with Gasteiger partial charge < -0.3 is 10.4 Å². The van der Waals surface area contributed by atoms with Gasteiger partial charge in [0.15, 0.2) is 0 Å². The van der Waals surface area contributed by atoms with Crippen LogP contribution in [0.3, 0.4) is 0 Å². The lowest BCUT2D eigenvalue weighted by Gasteiger charge is -2.24. The Morgan fingerprint density at radius 3 is 3.12 bits per heavy atom. The van der Waals surface area contributed by atoms with Crippen LogP contribution in [0.1, 0.15) is 46.1 Å². The number of carbonyl (C=O) groups excluding carboxylic acids is 1. The van der Waals surface area contributed by atoms with Gasteiger partial charge in [-0.05, 0) is 37.5 Å². The van der Waals surface area contributed by atoms with Crippen molar-refractivity contribution in [3.8, 4) is 6.07 Å². The number of aliphatic hydroxyl groups excluding tert-OH is 1. The molecule has 1 aliphatic carbocycles. The number of halogens is 1. The van der Waals surface area contributed by atoms with Crippen molar-refractivity contribution in [1.82, 2.24) is 15.1 Å². The van der Waals surface area contributed by atoms with E-state index in [1.54, 1.807) is 23.0 Å². The summed E-state index contributed by atoms with van der Waals surface area (Å²) in [5.74, 6) is -0.301. The van der Waals surface area contributed by atoms with Crippen molar-refractivity contribution in [3.05, 3.63) is 51.8 Å². The third kappa shape index (κ3) is 3.14. The largest absolute Gasteiger partial charge is 0.394 e. The second-order valence-electron chi connectivity index (χ2n) is 5.72. The van der Waals surface area contributed by atoms with E-state index in [-0.39, 0.29) is 18.6 Å². The van der Waals surface area contributed by atoms with Gasteiger partial charge in [-0.15, -0.1) is 0 Å². The van der Waals surface area contributed by atoms with Crippen LogP contribution in [0.25, 0.3) is 0 Å². The second-order valence-corrected chi connectivity index (χ2v) is 6.13. The third-order valence-corrected chi connectivity index (χ3v) is 4.55. The zero-order valence-corrected chi connectivity index (χ0v) is 13.8.